The lowest BCUT2D eigenvalue weighted by atomic mass is 9.79. The van der Waals surface area contributed by atoms with Crippen molar-refractivity contribution in [1.82, 2.24) is 9.88 Å². The molecule has 0 bridgehead atoms. The van der Waals surface area contributed by atoms with Crippen LogP contribution in [0.4, 0.5) is 4.39 Å². The Morgan fingerprint density at radius 1 is 1.18 bits per heavy atom. The minimum Gasteiger partial charge on any atom is -0.497 e. The molecule has 1 aromatic heterocycles. The largest absolute Gasteiger partial charge is 0.497 e. The Balaban J connectivity index is 1.35. The average Bonchev–Trinajstić information content (AvgIpc) is 2.86. The van der Waals surface area contributed by atoms with Gasteiger partial charge in [-0.25, -0.2) is 4.39 Å². The third-order valence-corrected chi connectivity index (χ3v) is 8.10. The third kappa shape index (κ3) is 6.47. The van der Waals surface area contributed by atoms with Crippen LogP contribution in [0, 0.1) is 17.8 Å². The SMILES string of the molecule is COc1ccc2nccc(C(F)CC[C@@H]3CCN(CCC4CCCCC4)C[C@@H]3CC(=O)O)c2c1. The lowest BCUT2D eigenvalue weighted by Gasteiger charge is -2.39. The number of benzene rings is 1. The van der Waals surface area contributed by atoms with Crippen LogP contribution in [0.3, 0.4) is 0 Å². The Hall–Kier alpha value is -2.21. The summed E-state index contributed by atoms with van der Waals surface area (Å²) in [6, 6.07) is 7.30. The average molecular weight is 471 g/mol. The molecular formula is C28H39FN2O3. The van der Waals surface area contributed by atoms with Gasteiger partial charge >= 0.3 is 5.97 Å². The van der Waals surface area contributed by atoms with E-state index in [9.17, 15) is 9.90 Å². The second kappa shape index (κ2) is 12.0. The van der Waals surface area contributed by atoms with Crippen LogP contribution >= 0.6 is 0 Å². The summed E-state index contributed by atoms with van der Waals surface area (Å²) in [6.45, 7) is 2.90. The Kier molecular flexibility index (Phi) is 8.76. The predicted octanol–water partition coefficient (Wildman–Crippen LogP) is 6.42. The van der Waals surface area contributed by atoms with Crippen molar-refractivity contribution in [3.05, 3.63) is 36.0 Å². The summed E-state index contributed by atoms with van der Waals surface area (Å²) in [5, 5.41) is 10.3. The van der Waals surface area contributed by atoms with Gasteiger partial charge in [-0.1, -0.05) is 32.1 Å². The van der Waals surface area contributed by atoms with Gasteiger partial charge in [0.2, 0.25) is 0 Å². The van der Waals surface area contributed by atoms with Crippen LogP contribution < -0.4 is 4.74 Å². The first-order chi connectivity index (χ1) is 16.5. The van der Waals surface area contributed by atoms with Crippen LogP contribution in [0.5, 0.6) is 5.75 Å². The van der Waals surface area contributed by atoms with E-state index in [1.54, 1.807) is 19.4 Å². The summed E-state index contributed by atoms with van der Waals surface area (Å²) in [5.74, 6) is 1.14. The smallest absolute Gasteiger partial charge is 0.303 e. The fourth-order valence-electron chi connectivity index (χ4n) is 6.10. The van der Waals surface area contributed by atoms with Crippen molar-refractivity contribution in [2.75, 3.05) is 26.7 Å². The highest BCUT2D eigenvalue weighted by Gasteiger charge is 2.31. The predicted molar refractivity (Wildman–Crippen MR) is 133 cm³/mol. The summed E-state index contributed by atoms with van der Waals surface area (Å²) in [6.07, 6.45) is 10.8. The Morgan fingerprint density at radius 3 is 2.76 bits per heavy atom. The van der Waals surface area contributed by atoms with Gasteiger partial charge in [0.05, 0.1) is 12.6 Å². The second-order valence-corrected chi connectivity index (χ2v) is 10.3. The van der Waals surface area contributed by atoms with Crippen molar-refractivity contribution in [2.45, 2.75) is 70.4 Å². The number of methoxy groups -OCH3 is 1. The zero-order valence-corrected chi connectivity index (χ0v) is 20.4. The minimum atomic E-state index is -1.10. The van der Waals surface area contributed by atoms with E-state index >= 15 is 4.39 Å². The molecule has 1 unspecified atom stereocenters. The van der Waals surface area contributed by atoms with Gasteiger partial charge in [-0.15, -0.1) is 0 Å². The van der Waals surface area contributed by atoms with Crippen molar-refractivity contribution in [2.24, 2.45) is 17.8 Å². The summed E-state index contributed by atoms with van der Waals surface area (Å²) in [7, 11) is 1.61. The maximum Gasteiger partial charge on any atom is 0.303 e. The first kappa shape index (κ1) is 24.9. The molecule has 186 valence electrons. The standard InChI is InChI=1S/C28H39FN2O3/c1-34-23-8-10-27-25(18-23)24(11-14-30-27)26(29)9-7-21-13-16-31(19-22(21)17-28(32)33)15-12-20-5-3-2-4-6-20/h8,10-11,14,18,20-22,26H,2-7,9,12-13,15-17,19H2,1H3,(H,32,33)/t21-,22+,26?/m1/s1. The van der Waals surface area contributed by atoms with Gasteiger partial charge in [0.1, 0.15) is 11.9 Å². The number of halogens is 1. The van der Waals surface area contributed by atoms with Crippen LogP contribution in [0.25, 0.3) is 10.9 Å². The molecule has 0 amide bonds. The zero-order chi connectivity index (χ0) is 23.9. The number of fused-ring (bicyclic) bond motifs is 1. The van der Waals surface area contributed by atoms with E-state index in [2.05, 4.69) is 9.88 Å². The van der Waals surface area contributed by atoms with Gasteiger partial charge < -0.3 is 14.7 Å². The first-order valence-corrected chi connectivity index (χ1v) is 13.0. The van der Waals surface area contributed by atoms with Crippen molar-refractivity contribution in [3.63, 3.8) is 0 Å². The maximum atomic E-state index is 15.5. The first-order valence-electron chi connectivity index (χ1n) is 13.0. The van der Waals surface area contributed by atoms with Crippen LogP contribution in [0.2, 0.25) is 0 Å². The number of carbonyl (C=O) groups is 1. The highest BCUT2D eigenvalue weighted by Crippen LogP contribution is 2.36. The minimum absolute atomic E-state index is 0.0964. The van der Waals surface area contributed by atoms with Crippen LogP contribution in [0.1, 0.15) is 75.9 Å². The Labute approximate surface area is 202 Å². The number of carboxylic acids is 1. The van der Waals surface area contributed by atoms with Gasteiger partial charge in [-0.3, -0.25) is 9.78 Å². The molecular weight excluding hydrogens is 431 g/mol. The summed E-state index contributed by atoms with van der Waals surface area (Å²) in [5.41, 5.74) is 1.40. The summed E-state index contributed by atoms with van der Waals surface area (Å²) < 4.78 is 20.8. The molecule has 1 N–H and O–H groups in total. The second-order valence-electron chi connectivity index (χ2n) is 10.3. The number of nitrogens with zero attached hydrogens (tertiary/aromatic N) is 2. The van der Waals surface area contributed by atoms with E-state index in [4.69, 9.17) is 4.74 Å². The lowest BCUT2D eigenvalue weighted by molar-refractivity contribution is -0.139. The monoisotopic (exact) mass is 470 g/mol. The number of ether oxygens (including phenoxy) is 1. The molecule has 4 rings (SSSR count). The Bertz CT molecular complexity index is 946. The number of aromatic nitrogens is 1. The number of alkyl halides is 1. The van der Waals surface area contributed by atoms with Gasteiger partial charge in [0.15, 0.2) is 0 Å². The molecule has 6 heteroatoms. The summed E-state index contributed by atoms with van der Waals surface area (Å²) >= 11 is 0. The van der Waals surface area contributed by atoms with Gasteiger partial charge in [0.25, 0.3) is 0 Å². The van der Waals surface area contributed by atoms with Gasteiger partial charge in [-0.2, -0.15) is 0 Å². The number of aliphatic carboxylic acids is 1. The normalized spacial score (nSPS) is 23.1. The molecule has 2 fully saturated rings. The molecule has 34 heavy (non-hydrogen) atoms. The number of rotatable bonds is 10. The molecule has 1 saturated carbocycles. The van der Waals surface area contributed by atoms with Crippen LogP contribution in [-0.2, 0) is 4.79 Å². The fourth-order valence-corrected chi connectivity index (χ4v) is 6.10. The number of likely N-dealkylation sites (tertiary alicyclic amines) is 1. The molecule has 0 spiro atoms. The number of hydrogen-bond donors (Lipinski definition) is 1. The van der Waals surface area contributed by atoms with Gasteiger partial charge in [0, 0.05) is 24.5 Å². The highest BCUT2D eigenvalue weighted by molar-refractivity contribution is 5.83. The number of pyridine rings is 1. The summed E-state index contributed by atoms with van der Waals surface area (Å²) in [4.78, 5) is 18.4. The third-order valence-electron chi connectivity index (χ3n) is 8.10. The van der Waals surface area contributed by atoms with E-state index in [-0.39, 0.29) is 18.3 Å². The molecule has 1 saturated heterocycles. The Morgan fingerprint density at radius 2 is 2.00 bits per heavy atom. The quantitative estimate of drug-likeness (QED) is 0.434. The van der Waals surface area contributed by atoms with Crippen molar-refractivity contribution in [3.8, 4) is 5.75 Å². The van der Waals surface area contributed by atoms with E-state index in [0.717, 1.165) is 42.9 Å². The van der Waals surface area contributed by atoms with E-state index < -0.39 is 12.1 Å². The maximum absolute atomic E-state index is 15.5. The van der Waals surface area contributed by atoms with Crippen molar-refractivity contribution < 1.29 is 19.0 Å². The van der Waals surface area contributed by atoms with Crippen molar-refractivity contribution in [1.29, 1.82) is 0 Å². The molecule has 2 aromatic rings. The molecule has 5 nitrogen and oxygen atoms in total. The van der Waals surface area contributed by atoms with E-state index in [0.29, 0.717) is 24.2 Å². The zero-order valence-electron chi connectivity index (χ0n) is 20.4. The molecule has 0 radical (unpaired) electrons. The molecule has 1 aromatic carbocycles. The number of hydrogen-bond acceptors (Lipinski definition) is 4. The lowest BCUT2D eigenvalue weighted by Crippen LogP contribution is -2.42. The molecule has 1 aliphatic carbocycles. The molecule has 3 atom stereocenters. The molecule has 1 aliphatic heterocycles. The molecule has 2 aliphatic rings. The number of carboxylic acid groups (broad SMARTS) is 1. The molecule has 2 heterocycles. The van der Waals surface area contributed by atoms with Gasteiger partial charge in [-0.05, 0) is 86.4 Å². The highest BCUT2D eigenvalue weighted by atomic mass is 19.1. The van der Waals surface area contributed by atoms with Crippen molar-refractivity contribution >= 4 is 16.9 Å². The topological polar surface area (TPSA) is 62.7 Å². The number of piperidine rings is 1. The van der Waals surface area contributed by atoms with E-state index in [1.165, 1.54) is 38.5 Å². The van der Waals surface area contributed by atoms with E-state index in [1.807, 2.05) is 18.2 Å². The van der Waals surface area contributed by atoms with Crippen LogP contribution in [-0.4, -0.2) is 47.7 Å². The van der Waals surface area contributed by atoms with Crippen LogP contribution in [0.15, 0.2) is 30.5 Å². The fraction of sp³-hybridized carbons (Fsp3) is 0.643.